The molecule has 4 nitrogen and oxygen atoms in total. The third-order valence-corrected chi connectivity index (χ3v) is 4.32. The van der Waals surface area contributed by atoms with Crippen molar-refractivity contribution in [1.29, 1.82) is 0 Å². The molecule has 24 heavy (non-hydrogen) atoms. The van der Waals surface area contributed by atoms with E-state index in [0.29, 0.717) is 12.0 Å². The predicted molar refractivity (Wildman–Crippen MR) is 99.6 cm³/mol. The SMILES string of the molecule is CCC(C)Nc1ncc2cc(-c3ccccc3C)c(OC)cc2n1. The van der Waals surface area contributed by atoms with E-state index in [1.54, 1.807) is 7.11 Å². The number of aromatic nitrogens is 2. The molecule has 0 saturated heterocycles. The molecule has 0 amide bonds. The van der Waals surface area contributed by atoms with E-state index in [9.17, 15) is 0 Å². The lowest BCUT2D eigenvalue weighted by molar-refractivity contribution is 0.417. The van der Waals surface area contributed by atoms with Crippen molar-refractivity contribution >= 4 is 16.9 Å². The zero-order valence-corrected chi connectivity index (χ0v) is 14.6. The second kappa shape index (κ2) is 6.87. The fourth-order valence-corrected chi connectivity index (χ4v) is 2.71. The molecule has 1 heterocycles. The maximum Gasteiger partial charge on any atom is 0.223 e. The highest BCUT2D eigenvalue weighted by Gasteiger charge is 2.12. The van der Waals surface area contributed by atoms with Gasteiger partial charge in [0.05, 0.1) is 12.6 Å². The molecule has 1 aromatic heterocycles. The molecule has 0 aliphatic rings. The number of rotatable bonds is 5. The number of nitrogens with zero attached hydrogens (tertiary/aromatic N) is 2. The van der Waals surface area contributed by atoms with Crippen molar-refractivity contribution in [2.45, 2.75) is 33.2 Å². The maximum atomic E-state index is 5.62. The summed E-state index contributed by atoms with van der Waals surface area (Å²) in [6.45, 7) is 6.36. The van der Waals surface area contributed by atoms with Crippen LogP contribution in [0.25, 0.3) is 22.0 Å². The van der Waals surface area contributed by atoms with Gasteiger partial charge in [-0.05, 0) is 37.5 Å². The molecule has 0 bridgehead atoms. The molecule has 1 atom stereocenters. The molecule has 2 aromatic carbocycles. The molecular formula is C20H23N3O. The molecule has 0 spiro atoms. The van der Waals surface area contributed by atoms with Crippen LogP contribution >= 0.6 is 0 Å². The first-order chi connectivity index (χ1) is 11.6. The summed E-state index contributed by atoms with van der Waals surface area (Å²) in [5.41, 5.74) is 4.32. The third kappa shape index (κ3) is 3.18. The molecule has 0 radical (unpaired) electrons. The molecule has 0 saturated carbocycles. The van der Waals surface area contributed by atoms with E-state index in [4.69, 9.17) is 4.74 Å². The van der Waals surface area contributed by atoms with Crippen molar-refractivity contribution < 1.29 is 4.74 Å². The van der Waals surface area contributed by atoms with Crippen molar-refractivity contribution in [2.75, 3.05) is 12.4 Å². The van der Waals surface area contributed by atoms with Gasteiger partial charge in [-0.3, -0.25) is 0 Å². The molecule has 1 N–H and O–H groups in total. The van der Waals surface area contributed by atoms with Gasteiger partial charge in [-0.25, -0.2) is 9.97 Å². The van der Waals surface area contributed by atoms with Crippen LogP contribution in [0.4, 0.5) is 5.95 Å². The number of anilines is 1. The summed E-state index contributed by atoms with van der Waals surface area (Å²) in [5, 5.41) is 4.32. The molecule has 0 aliphatic carbocycles. The van der Waals surface area contributed by atoms with Gasteiger partial charge in [-0.2, -0.15) is 0 Å². The Morgan fingerprint density at radius 2 is 1.96 bits per heavy atom. The van der Waals surface area contributed by atoms with E-state index < -0.39 is 0 Å². The van der Waals surface area contributed by atoms with Gasteiger partial charge in [0, 0.05) is 29.3 Å². The molecule has 3 aromatic rings. The minimum Gasteiger partial charge on any atom is -0.496 e. The quantitative estimate of drug-likeness (QED) is 0.731. The average molecular weight is 321 g/mol. The first-order valence-electron chi connectivity index (χ1n) is 8.29. The maximum absolute atomic E-state index is 5.62. The van der Waals surface area contributed by atoms with Crippen LogP contribution in [0.2, 0.25) is 0 Å². The lowest BCUT2D eigenvalue weighted by Gasteiger charge is -2.14. The average Bonchev–Trinajstić information content (AvgIpc) is 2.61. The zero-order valence-electron chi connectivity index (χ0n) is 14.6. The molecule has 1 unspecified atom stereocenters. The number of fused-ring (bicyclic) bond motifs is 1. The van der Waals surface area contributed by atoms with Crippen LogP contribution in [0.5, 0.6) is 5.75 Å². The van der Waals surface area contributed by atoms with Gasteiger partial charge in [0.15, 0.2) is 0 Å². The number of methoxy groups -OCH3 is 1. The van der Waals surface area contributed by atoms with Crippen molar-refractivity contribution in [1.82, 2.24) is 9.97 Å². The molecular weight excluding hydrogens is 298 g/mol. The van der Waals surface area contributed by atoms with E-state index in [1.165, 1.54) is 5.56 Å². The van der Waals surface area contributed by atoms with Crippen molar-refractivity contribution in [3.63, 3.8) is 0 Å². The van der Waals surface area contributed by atoms with Crippen molar-refractivity contribution in [3.05, 3.63) is 48.2 Å². The fourth-order valence-electron chi connectivity index (χ4n) is 2.71. The summed E-state index contributed by atoms with van der Waals surface area (Å²) in [4.78, 5) is 9.07. The second-order valence-corrected chi connectivity index (χ2v) is 6.07. The number of benzene rings is 2. The Balaban J connectivity index is 2.10. The first-order valence-corrected chi connectivity index (χ1v) is 8.29. The molecule has 0 fully saturated rings. The number of aryl methyl sites for hydroxylation is 1. The summed E-state index contributed by atoms with van der Waals surface area (Å²) in [7, 11) is 1.70. The van der Waals surface area contributed by atoms with E-state index >= 15 is 0 Å². The van der Waals surface area contributed by atoms with Gasteiger partial charge in [0.1, 0.15) is 5.75 Å². The van der Waals surface area contributed by atoms with Gasteiger partial charge < -0.3 is 10.1 Å². The monoisotopic (exact) mass is 321 g/mol. The Bertz CT molecular complexity index is 861. The largest absolute Gasteiger partial charge is 0.496 e. The van der Waals surface area contributed by atoms with Crippen LogP contribution in [0, 0.1) is 6.92 Å². The number of hydrogen-bond donors (Lipinski definition) is 1. The topological polar surface area (TPSA) is 47.0 Å². The van der Waals surface area contributed by atoms with Crippen LogP contribution in [0.3, 0.4) is 0 Å². The van der Waals surface area contributed by atoms with Crippen LogP contribution in [-0.2, 0) is 0 Å². The Labute approximate surface area is 142 Å². The Morgan fingerprint density at radius 1 is 1.17 bits per heavy atom. The van der Waals surface area contributed by atoms with Gasteiger partial charge in [0.25, 0.3) is 0 Å². The standard InChI is InChI=1S/C20H23N3O/c1-5-14(3)22-20-21-12-15-10-17(16-9-7-6-8-13(16)2)19(24-4)11-18(15)23-20/h6-12,14H,5H2,1-4H3,(H,21,22,23). The van der Waals surface area contributed by atoms with Crippen molar-refractivity contribution in [2.24, 2.45) is 0 Å². The predicted octanol–water partition coefficient (Wildman–Crippen LogP) is 4.82. The Hall–Kier alpha value is -2.62. The van der Waals surface area contributed by atoms with Crippen LogP contribution < -0.4 is 10.1 Å². The molecule has 3 rings (SSSR count). The Morgan fingerprint density at radius 3 is 2.67 bits per heavy atom. The summed E-state index contributed by atoms with van der Waals surface area (Å²) in [6, 6.07) is 12.7. The summed E-state index contributed by atoms with van der Waals surface area (Å²) < 4.78 is 5.62. The number of hydrogen-bond acceptors (Lipinski definition) is 4. The Kier molecular flexibility index (Phi) is 4.65. The number of ether oxygens (including phenoxy) is 1. The fraction of sp³-hybridized carbons (Fsp3) is 0.300. The minimum atomic E-state index is 0.343. The summed E-state index contributed by atoms with van der Waals surface area (Å²) in [6.07, 6.45) is 2.89. The number of nitrogens with one attached hydrogen (secondary N) is 1. The first kappa shape index (κ1) is 16.2. The second-order valence-electron chi connectivity index (χ2n) is 6.07. The van der Waals surface area contributed by atoms with E-state index in [-0.39, 0.29) is 0 Å². The normalized spacial score (nSPS) is 12.2. The van der Waals surface area contributed by atoms with Crippen LogP contribution in [0.15, 0.2) is 42.6 Å². The van der Waals surface area contributed by atoms with Gasteiger partial charge in [-0.15, -0.1) is 0 Å². The van der Waals surface area contributed by atoms with Gasteiger partial charge in [-0.1, -0.05) is 31.2 Å². The zero-order chi connectivity index (χ0) is 17.1. The van der Waals surface area contributed by atoms with Crippen LogP contribution in [-0.4, -0.2) is 23.1 Å². The molecule has 124 valence electrons. The molecule has 0 aliphatic heterocycles. The van der Waals surface area contributed by atoms with Crippen LogP contribution in [0.1, 0.15) is 25.8 Å². The van der Waals surface area contributed by atoms with Crippen molar-refractivity contribution in [3.8, 4) is 16.9 Å². The highest BCUT2D eigenvalue weighted by Crippen LogP contribution is 2.35. The lowest BCUT2D eigenvalue weighted by Crippen LogP contribution is -2.15. The summed E-state index contributed by atoms with van der Waals surface area (Å²) >= 11 is 0. The van der Waals surface area contributed by atoms with E-state index in [1.807, 2.05) is 24.4 Å². The van der Waals surface area contributed by atoms with E-state index in [0.717, 1.165) is 34.2 Å². The highest BCUT2D eigenvalue weighted by atomic mass is 16.5. The molecule has 4 heteroatoms. The minimum absolute atomic E-state index is 0.343. The third-order valence-electron chi connectivity index (χ3n) is 4.32. The van der Waals surface area contributed by atoms with Gasteiger partial charge in [0.2, 0.25) is 5.95 Å². The summed E-state index contributed by atoms with van der Waals surface area (Å²) in [5.74, 6) is 1.48. The lowest BCUT2D eigenvalue weighted by atomic mass is 9.98. The highest BCUT2D eigenvalue weighted by molar-refractivity contribution is 5.89. The van der Waals surface area contributed by atoms with E-state index in [2.05, 4.69) is 54.3 Å². The smallest absolute Gasteiger partial charge is 0.223 e. The van der Waals surface area contributed by atoms with Gasteiger partial charge >= 0.3 is 0 Å².